The molecule has 2 heterocycles. The van der Waals surface area contributed by atoms with Gasteiger partial charge in [-0.1, -0.05) is 36.1 Å². The Hall–Kier alpha value is -1.71. The van der Waals surface area contributed by atoms with Crippen molar-refractivity contribution >= 4 is 56.0 Å². The molecule has 0 aromatic heterocycles. The Kier molecular flexibility index (Phi) is 5.73. The standard InChI is InChI=1S/C18H20N2O4S3/c1-3-20(14-8-9-27(23,24)11-14)16(21)13-6-4-12(5-7-13)10-15-17(22)19(2)18(25)26-15/h4-7,10,14H,3,8-9,11H2,1-2H3/b15-10+/t14-/m1/s1. The maximum absolute atomic E-state index is 12.8. The molecule has 0 aliphatic carbocycles. The highest BCUT2D eigenvalue weighted by atomic mass is 32.2. The zero-order valence-electron chi connectivity index (χ0n) is 15.0. The first-order valence-electron chi connectivity index (χ1n) is 8.55. The van der Waals surface area contributed by atoms with Crippen molar-refractivity contribution in [3.63, 3.8) is 0 Å². The second-order valence-corrected chi connectivity index (χ2v) is 10.4. The zero-order chi connectivity index (χ0) is 19.8. The van der Waals surface area contributed by atoms with Crippen molar-refractivity contribution in [1.82, 2.24) is 9.80 Å². The molecule has 144 valence electrons. The summed E-state index contributed by atoms with van der Waals surface area (Å²) in [6.07, 6.45) is 2.23. The van der Waals surface area contributed by atoms with Crippen molar-refractivity contribution in [3.05, 3.63) is 40.3 Å². The number of nitrogens with zero attached hydrogens (tertiary/aromatic N) is 2. The molecule has 2 fully saturated rings. The van der Waals surface area contributed by atoms with Gasteiger partial charge in [-0.15, -0.1) is 0 Å². The number of thioether (sulfide) groups is 1. The normalized spacial score (nSPS) is 23.3. The minimum Gasteiger partial charge on any atom is -0.335 e. The van der Waals surface area contributed by atoms with Crippen LogP contribution in [-0.4, -0.2) is 65.5 Å². The third-order valence-electron chi connectivity index (χ3n) is 4.69. The summed E-state index contributed by atoms with van der Waals surface area (Å²) in [5.74, 6) is -0.143. The summed E-state index contributed by atoms with van der Waals surface area (Å²) in [5.41, 5.74) is 1.30. The lowest BCUT2D eigenvalue weighted by Gasteiger charge is -2.27. The summed E-state index contributed by atoms with van der Waals surface area (Å²) in [6, 6.07) is 6.68. The van der Waals surface area contributed by atoms with Crippen molar-refractivity contribution in [3.8, 4) is 0 Å². The minimum atomic E-state index is -3.05. The molecule has 1 aromatic carbocycles. The first-order chi connectivity index (χ1) is 12.7. The monoisotopic (exact) mass is 424 g/mol. The van der Waals surface area contributed by atoms with E-state index in [2.05, 4.69) is 0 Å². The molecule has 27 heavy (non-hydrogen) atoms. The molecule has 9 heteroatoms. The highest BCUT2D eigenvalue weighted by Gasteiger charge is 2.34. The number of amides is 2. The minimum absolute atomic E-state index is 0.0313. The van der Waals surface area contributed by atoms with Crippen LogP contribution in [0.1, 0.15) is 29.3 Å². The zero-order valence-corrected chi connectivity index (χ0v) is 17.5. The van der Waals surface area contributed by atoms with Crippen molar-refractivity contribution in [1.29, 1.82) is 0 Å². The number of hydrogen-bond donors (Lipinski definition) is 0. The SMILES string of the molecule is CCN(C(=O)c1ccc(/C=C2/SC(=S)N(C)C2=O)cc1)[C@@H]1CCS(=O)(=O)C1. The number of thiocarbonyl (C=S) groups is 1. The smallest absolute Gasteiger partial charge is 0.265 e. The van der Waals surface area contributed by atoms with Gasteiger partial charge in [0.2, 0.25) is 0 Å². The van der Waals surface area contributed by atoms with Gasteiger partial charge in [-0.25, -0.2) is 8.42 Å². The number of rotatable bonds is 4. The van der Waals surface area contributed by atoms with Crippen LogP contribution in [0.4, 0.5) is 0 Å². The second kappa shape index (κ2) is 7.73. The highest BCUT2D eigenvalue weighted by molar-refractivity contribution is 8.26. The lowest BCUT2D eigenvalue weighted by Crippen LogP contribution is -2.40. The number of benzene rings is 1. The Balaban J connectivity index is 1.76. The molecule has 0 bridgehead atoms. The van der Waals surface area contributed by atoms with Crippen LogP contribution in [0.3, 0.4) is 0 Å². The molecule has 2 aliphatic heterocycles. The molecule has 0 spiro atoms. The Labute approximate surface area is 168 Å². The first-order valence-corrected chi connectivity index (χ1v) is 11.6. The predicted octanol–water partition coefficient (Wildman–Crippen LogP) is 2.17. The number of likely N-dealkylation sites (N-methyl/N-ethyl adjacent to an activating group) is 1. The molecule has 1 aromatic rings. The van der Waals surface area contributed by atoms with Gasteiger partial charge in [0, 0.05) is 25.2 Å². The van der Waals surface area contributed by atoms with E-state index in [0.717, 1.165) is 5.56 Å². The van der Waals surface area contributed by atoms with E-state index in [9.17, 15) is 18.0 Å². The van der Waals surface area contributed by atoms with E-state index in [-0.39, 0.29) is 29.4 Å². The molecule has 3 rings (SSSR count). The number of carbonyl (C=O) groups excluding carboxylic acids is 2. The average molecular weight is 425 g/mol. The van der Waals surface area contributed by atoms with E-state index in [1.807, 2.05) is 6.92 Å². The fourth-order valence-electron chi connectivity index (χ4n) is 3.17. The summed E-state index contributed by atoms with van der Waals surface area (Å²) in [4.78, 5) is 28.5. The van der Waals surface area contributed by atoms with Crippen LogP contribution in [0.2, 0.25) is 0 Å². The molecule has 1 atom stereocenters. The third kappa shape index (κ3) is 4.25. The van der Waals surface area contributed by atoms with Crippen LogP contribution in [-0.2, 0) is 14.6 Å². The fourth-order valence-corrected chi connectivity index (χ4v) is 6.08. The predicted molar refractivity (Wildman–Crippen MR) is 111 cm³/mol. The second-order valence-electron chi connectivity index (χ2n) is 6.51. The Morgan fingerprint density at radius 3 is 2.52 bits per heavy atom. The van der Waals surface area contributed by atoms with Gasteiger partial charge >= 0.3 is 0 Å². The molecule has 0 N–H and O–H groups in total. The molecular weight excluding hydrogens is 404 g/mol. The van der Waals surface area contributed by atoms with E-state index >= 15 is 0 Å². The Morgan fingerprint density at radius 2 is 2.04 bits per heavy atom. The molecule has 2 saturated heterocycles. The van der Waals surface area contributed by atoms with Crippen LogP contribution in [0.25, 0.3) is 6.08 Å². The van der Waals surface area contributed by atoms with Crippen molar-refractivity contribution < 1.29 is 18.0 Å². The summed E-state index contributed by atoms with van der Waals surface area (Å²) < 4.78 is 23.9. The number of hydrogen-bond acceptors (Lipinski definition) is 6. The Bertz CT molecular complexity index is 922. The van der Waals surface area contributed by atoms with Gasteiger partial charge in [0.15, 0.2) is 9.84 Å². The van der Waals surface area contributed by atoms with Gasteiger partial charge in [0.1, 0.15) is 4.32 Å². The fraction of sp³-hybridized carbons (Fsp3) is 0.389. The maximum atomic E-state index is 12.8. The van der Waals surface area contributed by atoms with E-state index in [4.69, 9.17) is 12.2 Å². The van der Waals surface area contributed by atoms with E-state index < -0.39 is 9.84 Å². The highest BCUT2D eigenvalue weighted by Crippen LogP contribution is 2.31. The molecule has 2 aliphatic rings. The van der Waals surface area contributed by atoms with Gasteiger partial charge in [0.05, 0.1) is 16.4 Å². The largest absolute Gasteiger partial charge is 0.335 e. The molecular formula is C18H20N2O4S3. The summed E-state index contributed by atoms with van der Waals surface area (Å²) in [6.45, 7) is 2.31. The lowest BCUT2D eigenvalue weighted by atomic mass is 10.1. The van der Waals surface area contributed by atoms with Gasteiger partial charge in [-0.3, -0.25) is 14.5 Å². The van der Waals surface area contributed by atoms with Crippen molar-refractivity contribution in [2.75, 3.05) is 25.1 Å². The van der Waals surface area contributed by atoms with Gasteiger partial charge in [-0.05, 0) is 37.1 Å². The number of carbonyl (C=O) groups is 2. The van der Waals surface area contributed by atoms with E-state index in [1.165, 1.54) is 16.7 Å². The topological polar surface area (TPSA) is 74.8 Å². The molecule has 2 amide bonds. The summed E-state index contributed by atoms with van der Waals surface area (Å²) >= 11 is 6.36. The van der Waals surface area contributed by atoms with Crippen LogP contribution < -0.4 is 0 Å². The maximum Gasteiger partial charge on any atom is 0.265 e. The lowest BCUT2D eigenvalue weighted by molar-refractivity contribution is -0.121. The first kappa shape index (κ1) is 20.0. The van der Waals surface area contributed by atoms with Gasteiger partial charge in [-0.2, -0.15) is 0 Å². The van der Waals surface area contributed by atoms with Crippen molar-refractivity contribution in [2.24, 2.45) is 0 Å². The summed E-state index contributed by atoms with van der Waals surface area (Å²) in [5, 5.41) is 0. The van der Waals surface area contributed by atoms with Gasteiger partial charge < -0.3 is 4.90 Å². The van der Waals surface area contributed by atoms with E-state index in [1.54, 1.807) is 42.3 Å². The van der Waals surface area contributed by atoms with Crippen LogP contribution >= 0.6 is 24.0 Å². The molecule has 0 saturated carbocycles. The number of sulfone groups is 1. The van der Waals surface area contributed by atoms with E-state index in [0.29, 0.717) is 27.8 Å². The molecule has 0 unspecified atom stereocenters. The van der Waals surface area contributed by atoms with Gasteiger partial charge in [0.25, 0.3) is 11.8 Å². The van der Waals surface area contributed by atoms with Crippen LogP contribution in [0.5, 0.6) is 0 Å². The third-order valence-corrected chi connectivity index (χ3v) is 7.93. The summed E-state index contributed by atoms with van der Waals surface area (Å²) in [7, 11) is -1.41. The molecule has 6 nitrogen and oxygen atoms in total. The van der Waals surface area contributed by atoms with Crippen LogP contribution in [0.15, 0.2) is 29.2 Å². The van der Waals surface area contributed by atoms with Crippen molar-refractivity contribution in [2.45, 2.75) is 19.4 Å². The molecule has 0 radical (unpaired) electrons. The quantitative estimate of drug-likeness (QED) is 0.545. The van der Waals surface area contributed by atoms with Crippen LogP contribution in [0, 0.1) is 0 Å². The Morgan fingerprint density at radius 1 is 1.37 bits per heavy atom. The average Bonchev–Trinajstić information content (AvgIpc) is 3.10.